The van der Waals surface area contributed by atoms with Gasteiger partial charge in [-0.15, -0.1) is 22.7 Å². The van der Waals surface area contributed by atoms with Crippen molar-refractivity contribution in [2.45, 2.75) is 18.1 Å². The van der Waals surface area contributed by atoms with Gasteiger partial charge in [0.15, 0.2) is 0 Å². The Labute approximate surface area is 198 Å². The molecular weight excluding hydrogens is 480 g/mol. The van der Waals surface area contributed by atoms with Gasteiger partial charge in [-0.3, -0.25) is 19.5 Å². The number of carbonyl (C=O) groups excluding carboxylic acids is 1. The van der Waals surface area contributed by atoms with E-state index in [1.165, 1.54) is 29.5 Å². The zero-order valence-corrected chi connectivity index (χ0v) is 20.0. The monoisotopic (exact) mass is 498 g/mol. The van der Waals surface area contributed by atoms with E-state index in [2.05, 4.69) is 30.2 Å². The number of sulfonamides is 1. The van der Waals surface area contributed by atoms with Crippen molar-refractivity contribution < 1.29 is 13.2 Å². The molecule has 1 aromatic carbocycles. The van der Waals surface area contributed by atoms with Crippen molar-refractivity contribution in [3.8, 4) is 10.7 Å². The number of nitrogens with one attached hydrogen (secondary N) is 2. The Hall–Kier alpha value is -3.48. The Morgan fingerprint density at radius 3 is 2.67 bits per heavy atom. The number of aromatic nitrogens is 3. The summed E-state index contributed by atoms with van der Waals surface area (Å²) >= 11 is 2.48. The van der Waals surface area contributed by atoms with E-state index in [0.29, 0.717) is 16.4 Å². The maximum atomic E-state index is 12.8. The molecule has 0 unspecified atom stereocenters. The third-order valence-electron chi connectivity index (χ3n) is 4.41. The highest BCUT2D eigenvalue weighted by Gasteiger charge is 2.19. The van der Waals surface area contributed by atoms with Crippen molar-refractivity contribution in [2.75, 3.05) is 4.72 Å². The van der Waals surface area contributed by atoms with E-state index in [-0.39, 0.29) is 15.5 Å². The van der Waals surface area contributed by atoms with Gasteiger partial charge < -0.3 is 0 Å². The van der Waals surface area contributed by atoms with Crippen LogP contribution < -0.4 is 10.1 Å². The number of hydrogen-bond donors (Lipinski definition) is 2. The Kier molecular flexibility index (Phi) is 6.58. The molecule has 2 N–H and O–H groups in total. The number of carbonyl (C=O) groups is 1. The molecule has 168 valence electrons. The second kappa shape index (κ2) is 9.57. The van der Waals surface area contributed by atoms with Gasteiger partial charge in [0.05, 0.1) is 33.7 Å². The predicted molar refractivity (Wildman–Crippen MR) is 129 cm³/mol. The van der Waals surface area contributed by atoms with Crippen molar-refractivity contribution in [3.05, 3.63) is 76.5 Å². The molecule has 0 fully saturated rings. The van der Waals surface area contributed by atoms with Crippen molar-refractivity contribution in [1.29, 1.82) is 0 Å². The quantitative estimate of drug-likeness (QED) is 0.294. The van der Waals surface area contributed by atoms with Crippen LogP contribution in [0.3, 0.4) is 0 Å². The van der Waals surface area contributed by atoms with E-state index in [1.807, 2.05) is 6.92 Å². The molecule has 4 rings (SSSR count). The molecule has 0 aliphatic carbocycles. The normalized spacial score (nSPS) is 11.9. The van der Waals surface area contributed by atoms with Gasteiger partial charge in [-0.25, -0.2) is 18.8 Å². The summed E-state index contributed by atoms with van der Waals surface area (Å²) in [5.41, 5.74) is 4.78. The molecule has 0 spiro atoms. The minimum absolute atomic E-state index is 0.149. The summed E-state index contributed by atoms with van der Waals surface area (Å²) in [7, 11) is -3.79. The fourth-order valence-corrected chi connectivity index (χ4v) is 5.92. The Morgan fingerprint density at radius 1 is 1.12 bits per heavy atom. The van der Waals surface area contributed by atoms with Crippen LogP contribution in [0.25, 0.3) is 10.7 Å². The number of amides is 1. The number of para-hydroxylation sites is 1. The van der Waals surface area contributed by atoms with Crippen molar-refractivity contribution in [2.24, 2.45) is 5.10 Å². The average Bonchev–Trinajstić information content (AvgIpc) is 3.49. The molecular formula is C21H18N6O3S3. The van der Waals surface area contributed by atoms with Crippen molar-refractivity contribution in [1.82, 2.24) is 20.4 Å². The Bertz CT molecular complexity index is 1410. The highest BCUT2D eigenvalue weighted by atomic mass is 32.2. The number of benzene rings is 1. The van der Waals surface area contributed by atoms with Crippen LogP contribution in [0.2, 0.25) is 0 Å². The van der Waals surface area contributed by atoms with E-state index < -0.39 is 15.9 Å². The second-order valence-corrected chi connectivity index (χ2v) is 10.6. The van der Waals surface area contributed by atoms with Gasteiger partial charge in [-0.2, -0.15) is 5.10 Å². The molecule has 4 aromatic rings. The van der Waals surface area contributed by atoms with Crippen molar-refractivity contribution in [3.63, 3.8) is 0 Å². The molecule has 0 saturated heterocycles. The van der Waals surface area contributed by atoms with Crippen LogP contribution in [-0.2, 0) is 10.0 Å². The summed E-state index contributed by atoms with van der Waals surface area (Å²) < 4.78 is 27.8. The second-order valence-electron chi connectivity index (χ2n) is 6.75. The van der Waals surface area contributed by atoms with E-state index in [9.17, 15) is 13.2 Å². The minimum Gasteiger partial charge on any atom is -0.278 e. The first kappa shape index (κ1) is 22.7. The number of hydrazone groups is 1. The van der Waals surface area contributed by atoms with Crippen LogP contribution in [0.4, 0.5) is 5.69 Å². The molecule has 0 saturated carbocycles. The fourth-order valence-electron chi connectivity index (χ4n) is 2.88. The third kappa shape index (κ3) is 5.13. The number of anilines is 1. The topological polar surface area (TPSA) is 126 Å². The predicted octanol–water partition coefficient (Wildman–Crippen LogP) is 3.92. The van der Waals surface area contributed by atoms with Crippen LogP contribution in [-0.4, -0.2) is 35.0 Å². The maximum Gasteiger partial charge on any atom is 0.273 e. The number of thiazole rings is 1. The van der Waals surface area contributed by atoms with Crippen LogP contribution in [0.15, 0.2) is 69.7 Å². The third-order valence-corrected chi connectivity index (χ3v) is 8.46. The zero-order valence-electron chi connectivity index (χ0n) is 17.5. The van der Waals surface area contributed by atoms with Crippen molar-refractivity contribution >= 4 is 50.0 Å². The minimum atomic E-state index is -3.79. The lowest BCUT2D eigenvalue weighted by Gasteiger charge is -2.11. The summed E-state index contributed by atoms with van der Waals surface area (Å²) in [5, 5.41) is 6.57. The highest BCUT2D eigenvalue weighted by molar-refractivity contribution is 7.94. The smallest absolute Gasteiger partial charge is 0.273 e. The lowest BCUT2D eigenvalue weighted by Crippen LogP contribution is -2.22. The van der Waals surface area contributed by atoms with E-state index in [0.717, 1.165) is 21.9 Å². The summed E-state index contributed by atoms with van der Waals surface area (Å²) in [6.45, 7) is 3.61. The molecule has 0 bridgehead atoms. The summed E-state index contributed by atoms with van der Waals surface area (Å²) in [6, 6.07) is 9.48. The number of thiophene rings is 1. The molecule has 9 nitrogen and oxygen atoms in total. The molecule has 3 aromatic heterocycles. The van der Waals surface area contributed by atoms with Gasteiger partial charge in [0, 0.05) is 12.4 Å². The first-order chi connectivity index (χ1) is 15.8. The number of rotatable bonds is 7. The molecule has 0 aliphatic heterocycles. The van der Waals surface area contributed by atoms with E-state index in [1.54, 1.807) is 49.1 Å². The summed E-state index contributed by atoms with van der Waals surface area (Å²) in [5.74, 6) is -0.546. The molecule has 12 heteroatoms. The standard InChI is InChI=1S/C21H18N6O3S3/c1-13-19(32-21(24-13)17-12-22-9-10-23-17)14(2)25-26-20(28)15-6-3-4-7-16(15)27-33(29,30)18-8-5-11-31-18/h3-12,27H,1-2H3,(H,26,28). The fraction of sp³-hybridized carbons (Fsp3) is 0.0952. The van der Waals surface area contributed by atoms with Gasteiger partial charge in [-0.05, 0) is 37.4 Å². The molecule has 3 heterocycles. The SMILES string of the molecule is CC(=NNC(=O)c1ccccc1NS(=O)(=O)c1cccs1)c1sc(-c2cnccn2)nc1C. The number of hydrogen-bond acceptors (Lipinski definition) is 9. The largest absolute Gasteiger partial charge is 0.278 e. The van der Waals surface area contributed by atoms with Crippen LogP contribution in [0, 0.1) is 6.92 Å². The molecule has 1 amide bonds. The molecule has 0 radical (unpaired) electrons. The van der Waals surface area contributed by atoms with Gasteiger partial charge in [0.25, 0.3) is 15.9 Å². The van der Waals surface area contributed by atoms with Crippen LogP contribution >= 0.6 is 22.7 Å². The van der Waals surface area contributed by atoms with E-state index in [4.69, 9.17) is 0 Å². The number of aryl methyl sites for hydroxylation is 1. The lowest BCUT2D eigenvalue weighted by atomic mass is 10.2. The van der Waals surface area contributed by atoms with Gasteiger partial charge >= 0.3 is 0 Å². The number of nitrogens with zero attached hydrogens (tertiary/aromatic N) is 4. The van der Waals surface area contributed by atoms with Gasteiger partial charge in [0.2, 0.25) is 0 Å². The zero-order chi connectivity index (χ0) is 23.4. The summed E-state index contributed by atoms with van der Waals surface area (Å²) in [6.07, 6.45) is 4.81. The van der Waals surface area contributed by atoms with Gasteiger partial charge in [-0.1, -0.05) is 18.2 Å². The molecule has 0 aliphatic rings. The first-order valence-electron chi connectivity index (χ1n) is 9.59. The molecule has 0 atom stereocenters. The molecule has 33 heavy (non-hydrogen) atoms. The van der Waals surface area contributed by atoms with E-state index >= 15 is 0 Å². The lowest BCUT2D eigenvalue weighted by molar-refractivity contribution is 0.0955. The highest BCUT2D eigenvalue weighted by Crippen LogP contribution is 2.27. The summed E-state index contributed by atoms with van der Waals surface area (Å²) in [4.78, 5) is 26.4. The maximum absolute atomic E-state index is 12.8. The average molecular weight is 499 g/mol. The first-order valence-corrected chi connectivity index (χ1v) is 12.8. The Morgan fingerprint density at radius 2 is 1.94 bits per heavy atom. The Balaban J connectivity index is 1.53. The van der Waals surface area contributed by atoms with Crippen LogP contribution in [0.5, 0.6) is 0 Å². The van der Waals surface area contributed by atoms with Crippen LogP contribution in [0.1, 0.15) is 27.9 Å². The van der Waals surface area contributed by atoms with Gasteiger partial charge in [0.1, 0.15) is 14.9 Å².